The molecule has 4 aromatic carbocycles. The van der Waals surface area contributed by atoms with Crippen molar-refractivity contribution >= 4 is 18.1 Å². The predicted octanol–water partition coefficient (Wildman–Crippen LogP) is 5.27. The van der Waals surface area contributed by atoms with Crippen molar-refractivity contribution in [1.82, 2.24) is 5.43 Å². The molecular formula is C30H26N2O6. The second-order valence-corrected chi connectivity index (χ2v) is 8.00. The standard InChI is InChI=1S/C30H26N2O6/c1-35-26-11-7-6-10-25(26)30(34)38-27-17-12-22(18-28(27)36-2)19-31-32-29(33)23-13-15-24(16-14-23)37-20-21-8-4-3-5-9-21/h3-19H,20H2,1-2H3,(H,32,33). The van der Waals surface area contributed by atoms with Gasteiger partial charge in [0.2, 0.25) is 0 Å². The molecule has 0 atom stereocenters. The number of rotatable bonds is 10. The van der Waals surface area contributed by atoms with Gasteiger partial charge in [-0.15, -0.1) is 0 Å². The van der Waals surface area contributed by atoms with Gasteiger partial charge in [0.15, 0.2) is 11.5 Å². The number of hydrogen-bond donors (Lipinski definition) is 1. The smallest absolute Gasteiger partial charge is 0.347 e. The molecule has 0 spiro atoms. The van der Waals surface area contributed by atoms with Crippen LogP contribution in [0.1, 0.15) is 31.8 Å². The average molecular weight is 511 g/mol. The second-order valence-electron chi connectivity index (χ2n) is 8.00. The number of ether oxygens (including phenoxy) is 4. The van der Waals surface area contributed by atoms with Crippen molar-refractivity contribution in [2.75, 3.05) is 14.2 Å². The van der Waals surface area contributed by atoms with Crippen molar-refractivity contribution in [3.63, 3.8) is 0 Å². The largest absolute Gasteiger partial charge is 0.496 e. The molecule has 0 aliphatic carbocycles. The molecule has 0 radical (unpaired) electrons. The van der Waals surface area contributed by atoms with Gasteiger partial charge in [-0.3, -0.25) is 4.79 Å². The molecule has 0 aromatic heterocycles. The van der Waals surface area contributed by atoms with Gasteiger partial charge in [-0.2, -0.15) is 5.10 Å². The van der Waals surface area contributed by atoms with Crippen LogP contribution in [0.5, 0.6) is 23.0 Å². The number of para-hydroxylation sites is 1. The lowest BCUT2D eigenvalue weighted by atomic mass is 10.2. The number of carbonyl (C=O) groups excluding carboxylic acids is 2. The number of methoxy groups -OCH3 is 2. The van der Waals surface area contributed by atoms with Gasteiger partial charge in [-0.1, -0.05) is 42.5 Å². The maximum Gasteiger partial charge on any atom is 0.347 e. The van der Waals surface area contributed by atoms with E-state index in [2.05, 4.69) is 10.5 Å². The summed E-state index contributed by atoms with van der Waals surface area (Å²) >= 11 is 0. The minimum Gasteiger partial charge on any atom is -0.496 e. The number of esters is 1. The molecule has 4 rings (SSSR count). The molecule has 0 heterocycles. The molecule has 1 amide bonds. The van der Waals surface area contributed by atoms with Gasteiger partial charge in [-0.25, -0.2) is 10.2 Å². The molecule has 0 aliphatic rings. The van der Waals surface area contributed by atoms with E-state index in [0.29, 0.717) is 40.5 Å². The van der Waals surface area contributed by atoms with Crippen LogP contribution >= 0.6 is 0 Å². The van der Waals surface area contributed by atoms with Crippen LogP contribution in [0, 0.1) is 0 Å². The lowest BCUT2D eigenvalue weighted by molar-refractivity contribution is 0.0726. The van der Waals surface area contributed by atoms with E-state index in [1.807, 2.05) is 30.3 Å². The van der Waals surface area contributed by atoms with E-state index in [1.165, 1.54) is 20.4 Å². The van der Waals surface area contributed by atoms with Crippen LogP contribution in [0.15, 0.2) is 102 Å². The van der Waals surface area contributed by atoms with Gasteiger partial charge in [-0.05, 0) is 65.7 Å². The molecule has 8 heteroatoms. The SMILES string of the molecule is COc1cc(C=NNC(=O)c2ccc(OCc3ccccc3)cc2)ccc1OC(=O)c1ccccc1OC. The highest BCUT2D eigenvalue weighted by Crippen LogP contribution is 2.29. The summed E-state index contributed by atoms with van der Waals surface area (Å²) < 4.78 is 21.8. The molecule has 0 unspecified atom stereocenters. The molecule has 0 fully saturated rings. The first kappa shape index (κ1) is 26.0. The van der Waals surface area contributed by atoms with Crippen molar-refractivity contribution in [2.45, 2.75) is 6.61 Å². The number of carbonyl (C=O) groups is 2. The van der Waals surface area contributed by atoms with Crippen LogP contribution < -0.4 is 24.4 Å². The second kappa shape index (κ2) is 12.7. The van der Waals surface area contributed by atoms with E-state index in [4.69, 9.17) is 18.9 Å². The Labute approximate surface area is 220 Å². The van der Waals surface area contributed by atoms with Gasteiger partial charge < -0.3 is 18.9 Å². The first-order valence-electron chi connectivity index (χ1n) is 11.7. The quantitative estimate of drug-likeness (QED) is 0.135. The Morgan fingerprint density at radius 2 is 1.50 bits per heavy atom. The van der Waals surface area contributed by atoms with Crippen LogP contribution in [-0.2, 0) is 6.61 Å². The number of hydrogen-bond acceptors (Lipinski definition) is 7. The minimum absolute atomic E-state index is 0.235. The van der Waals surface area contributed by atoms with Crippen molar-refractivity contribution in [3.05, 3.63) is 119 Å². The van der Waals surface area contributed by atoms with E-state index >= 15 is 0 Å². The molecule has 1 N–H and O–H groups in total. The average Bonchev–Trinajstić information content (AvgIpc) is 2.97. The summed E-state index contributed by atoms with van der Waals surface area (Å²) in [5, 5.41) is 4.02. The lowest BCUT2D eigenvalue weighted by Crippen LogP contribution is -2.17. The fraction of sp³-hybridized carbons (Fsp3) is 0.100. The van der Waals surface area contributed by atoms with Gasteiger partial charge in [0.25, 0.3) is 5.91 Å². The lowest BCUT2D eigenvalue weighted by Gasteiger charge is -2.11. The van der Waals surface area contributed by atoms with E-state index < -0.39 is 5.97 Å². The summed E-state index contributed by atoms with van der Waals surface area (Å²) in [7, 11) is 2.95. The fourth-order valence-electron chi connectivity index (χ4n) is 3.49. The maximum absolute atomic E-state index is 12.6. The Kier molecular flexibility index (Phi) is 8.70. The first-order chi connectivity index (χ1) is 18.6. The topological polar surface area (TPSA) is 95.5 Å². The molecular weight excluding hydrogens is 484 g/mol. The Morgan fingerprint density at radius 1 is 0.789 bits per heavy atom. The molecule has 0 bridgehead atoms. The highest BCUT2D eigenvalue weighted by Gasteiger charge is 2.16. The molecule has 4 aromatic rings. The normalized spacial score (nSPS) is 10.6. The number of benzene rings is 4. The third kappa shape index (κ3) is 6.76. The third-order valence-corrected chi connectivity index (χ3v) is 5.46. The van der Waals surface area contributed by atoms with Crippen LogP contribution in [0.25, 0.3) is 0 Å². The molecule has 0 saturated heterocycles. The van der Waals surface area contributed by atoms with Crippen LogP contribution in [-0.4, -0.2) is 32.3 Å². The van der Waals surface area contributed by atoms with E-state index in [0.717, 1.165) is 5.56 Å². The number of nitrogens with zero attached hydrogens (tertiary/aromatic N) is 1. The summed E-state index contributed by atoms with van der Waals surface area (Å²) in [5.41, 5.74) is 4.91. The van der Waals surface area contributed by atoms with Crippen molar-refractivity contribution in [2.24, 2.45) is 5.10 Å². The first-order valence-corrected chi connectivity index (χ1v) is 11.7. The van der Waals surface area contributed by atoms with Gasteiger partial charge >= 0.3 is 5.97 Å². The number of amides is 1. The highest BCUT2D eigenvalue weighted by atomic mass is 16.6. The monoisotopic (exact) mass is 510 g/mol. The molecule has 0 saturated carbocycles. The molecule has 38 heavy (non-hydrogen) atoms. The zero-order chi connectivity index (χ0) is 26.7. The number of nitrogens with one attached hydrogen (secondary N) is 1. The Morgan fingerprint density at radius 3 is 2.24 bits per heavy atom. The van der Waals surface area contributed by atoms with Crippen LogP contribution in [0.2, 0.25) is 0 Å². The van der Waals surface area contributed by atoms with E-state index in [1.54, 1.807) is 66.7 Å². The fourth-order valence-corrected chi connectivity index (χ4v) is 3.49. The summed E-state index contributed by atoms with van der Waals surface area (Å²) in [6, 6.07) is 28.3. The summed E-state index contributed by atoms with van der Waals surface area (Å²) in [4.78, 5) is 25.1. The van der Waals surface area contributed by atoms with Crippen molar-refractivity contribution in [1.29, 1.82) is 0 Å². The molecule has 0 aliphatic heterocycles. The third-order valence-electron chi connectivity index (χ3n) is 5.46. The Hall–Kier alpha value is -5.11. The van der Waals surface area contributed by atoms with Crippen LogP contribution in [0.4, 0.5) is 0 Å². The predicted molar refractivity (Wildman–Crippen MR) is 143 cm³/mol. The zero-order valence-corrected chi connectivity index (χ0v) is 20.9. The summed E-state index contributed by atoms with van der Waals surface area (Å²) in [6.07, 6.45) is 1.46. The summed E-state index contributed by atoms with van der Waals surface area (Å²) in [6.45, 7) is 0.443. The van der Waals surface area contributed by atoms with Crippen molar-refractivity contribution < 1.29 is 28.5 Å². The summed E-state index contributed by atoms with van der Waals surface area (Å²) in [5.74, 6) is 0.683. The van der Waals surface area contributed by atoms with E-state index in [-0.39, 0.29) is 11.7 Å². The van der Waals surface area contributed by atoms with Gasteiger partial charge in [0.1, 0.15) is 23.7 Å². The Bertz CT molecular complexity index is 1420. The zero-order valence-electron chi connectivity index (χ0n) is 20.9. The minimum atomic E-state index is -0.578. The van der Waals surface area contributed by atoms with Gasteiger partial charge in [0, 0.05) is 5.56 Å². The van der Waals surface area contributed by atoms with Gasteiger partial charge in [0.05, 0.1) is 20.4 Å². The number of hydrazone groups is 1. The highest BCUT2D eigenvalue weighted by molar-refractivity contribution is 5.95. The Balaban J connectivity index is 1.33. The molecule has 8 nitrogen and oxygen atoms in total. The van der Waals surface area contributed by atoms with E-state index in [9.17, 15) is 9.59 Å². The maximum atomic E-state index is 12.6. The molecule has 192 valence electrons. The van der Waals surface area contributed by atoms with Crippen LogP contribution in [0.3, 0.4) is 0 Å². The van der Waals surface area contributed by atoms with Crippen molar-refractivity contribution in [3.8, 4) is 23.0 Å².